The molecule has 7 nitrogen and oxygen atoms in total. The van der Waals surface area contributed by atoms with Crippen LogP contribution in [-0.4, -0.2) is 34.6 Å². The third-order valence-electron chi connectivity index (χ3n) is 5.21. The van der Waals surface area contributed by atoms with Crippen molar-refractivity contribution in [1.29, 1.82) is 0 Å². The molecule has 0 saturated carbocycles. The first-order chi connectivity index (χ1) is 14.5. The van der Waals surface area contributed by atoms with Crippen LogP contribution in [-0.2, 0) is 6.42 Å². The molecule has 2 amide bonds. The van der Waals surface area contributed by atoms with Crippen LogP contribution in [0.15, 0.2) is 53.0 Å². The summed E-state index contributed by atoms with van der Waals surface area (Å²) in [5, 5.41) is 16.0. The number of para-hydroxylation sites is 1. The number of fused-ring (bicyclic) bond motifs is 1. The predicted octanol–water partition coefficient (Wildman–Crippen LogP) is 3.89. The van der Waals surface area contributed by atoms with Gasteiger partial charge in [0.2, 0.25) is 0 Å². The van der Waals surface area contributed by atoms with Gasteiger partial charge in [0.05, 0.1) is 4.47 Å². The number of rotatable bonds is 4. The SMILES string of the molecule is Cc1ccccc1C(=O)Nc1n[nH]c(C(=O)NC2CCc3ccccc3NC2)c1Br. The van der Waals surface area contributed by atoms with Gasteiger partial charge in [-0.25, -0.2) is 0 Å². The van der Waals surface area contributed by atoms with Crippen LogP contribution in [0.2, 0.25) is 0 Å². The van der Waals surface area contributed by atoms with Crippen molar-refractivity contribution in [3.8, 4) is 0 Å². The molecule has 1 unspecified atom stereocenters. The zero-order chi connectivity index (χ0) is 21.1. The Morgan fingerprint density at radius 3 is 2.70 bits per heavy atom. The summed E-state index contributed by atoms with van der Waals surface area (Å²) in [6.45, 7) is 2.51. The molecule has 0 fully saturated rings. The third-order valence-corrected chi connectivity index (χ3v) is 5.98. The van der Waals surface area contributed by atoms with Crippen LogP contribution in [0.5, 0.6) is 0 Å². The Hall–Kier alpha value is -3.13. The molecule has 1 atom stereocenters. The molecule has 154 valence electrons. The molecule has 4 rings (SSSR count). The molecule has 8 heteroatoms. The van der Waals surface area contributed by atoms with Gasteiger partial charge in [0.15, 0.2) is 5.82 Å². The molecule has 1 aliphatic heterocycles. The first-order valence-electron chi connectivity index (χ1n) is 9.76. The van der Waals surface area contributed by atoms with Crippen LogP contribution in [0.25, 0.3) is 0 Å². The van der Waals surface area contributed by atoms with E-state index >= 15 is 0 Å². The lowest BCUT2D eigenvalue weighted by molar-refractivity contribution is 0.0930. The van der Waals surface area contributed by atoms with Crippen molar-refractivity contribution >= 4 is 39.2 Å². The van der Waals surface area contributed by atoms with E-state index in [0.717, 1.165) is 24.1 Å². The van der Waals surface area contributed by atoms with Crippen LogP contribution >= 0.6 is 15.9 Å². The van der Waals surface area contributed by atoms with Gasteiger partial charge < -0.3 is 16.0 Å². The number of anilines is 2. The van der Waals surface area contributed by atoms with Crippen molar-refractivity contribution in [2.45, 2.75) is 25.8 Å². The molecule has 0 saturated heterocycles. The summed E-state index contributed by atoms with van der Waals surface area (Å²) in [5.74, 6) is -0.277. The third kappa shape index (κ3) is 4.23. The van der Waals surface area contributed by atoms with Crippen molar-refractivity contribution in [1.82, 2.24) is 15.5 Å². The largest absolute Gasteiger partial charge is 0.383 e. The molecule has 0 bridgehead atoms. The van der Waals surface area contributed by atoms with Crippen LogP contribution in [0.3, 0.4) is 0 Å². The van der Waals surface area contributed by atoms with Gasteiger partial charge in [-0.05, 0) is 59.0 Å². The second-order valence-electron chi connectivity index (χ2n) is 7.28. The van der Waals surface area contributed by atoms with E-state index in [1.54, 1.807) is 12.1 Å². The molecule has 3 aromatic rings. The zero-order valence-electron chi connectivity index (χ0n) is 16.5. The summed E-state index contributed by atoms with van der Waals surface area (Å²) < 4.78 is 0.423. The van der Waals surface area contributed by atoms with E-state index in [1.165, 1.54) is 5.56 Å². The minimum Gasteiger partial charge on any atom is -0.383 e. The fourth-order valence-electron chi connectivity index (χ4n) is 3.52. The van der Waals surface area contributed by atoms with Gasteiger partial charge in [-0.2, -0.15) is 5.10 Å². The molecule has 0 radical (unpaired) electrons. The predicted molar refractivity (Wildman–Crippen MR) is 120 cm³/mol. The number of aromatic amines is 1. The second kappa shape index (κ2) is 8.71. The standard InChI is InChI=1S/C22H22BrN5O2/c1-13-6-2-4-8-16(13)21(29)26-20-18(23)19(27-28-20)22(30)25-15-11-10-14-7-3-5-9-17(14)24-12-15/h2-9,15,24H,10-12H2,1H3,(H,25,30)(H2,26,27,28,29). The van der Waals surface area contributed by atoms with E-state index in [0.29, 0.717) is 16.6 Å². The Kier molecular flexibility index (Phi) is 5.85. The minimum absolute atomic E-state index is 0.0230. The highest BCUT2D eigenvalue weighted by Gasteiger charge is 2.23. The van der Waals surface area contributed by atoms with Gasteiger partial charge >= 0.3 is 0 Å². The maximum absolute atomic E-state index is 12.8. The summed E-state index contributed by atoms with van der Waals surface area (Å²) in [6.07, 6.45) is 1.72. The lowest BCUT2D eigenvalue weighted by Crippen LogP contribution is -2.39. The van der Waals surface area contributed by atoms with Gasteiger partial charge in [0.25, 0.3) is 11.8 Å². The number of nitrogens with one attached hydrogen (secondary N) is 4. The van der Waals surface area contributed by atoms with E-state index in [4.69, 9.17) is 0 Å². The van der Waals surface area contributed by atoms with E-state index in [9.17, 15) is 9.59 Å². The highest BCUT2D eigenvalue weighted by Crippen LogP contribution is 2.25. The Bertz CT molecular complexity index is 1070. The van der Waals surface area contributed by atoms with E-state index < -0.39 is 0 Å². The van der Waals surface area contributed by atoms with Crippen molar-refractivity contribution < 1.29 is 9.59 Å². The molecule has 30 heavy (non-hydrogen) atoms. The molecule has 2 heterocycles. The first-order valence-corrected chi connectivity index (χ1v) is 10.6. The molecular formula is C22H22BrN5O2. The topological polar surface area (TPSA) is 98.9 Å². The van der Waals surface area contributed by atoms with Crippen molar-refractivity contribution in [2.75, 3.05) is 17.2 Å². The average Bonchev–Trinajstić information content (AvgIpc) is 2.98. The molecule has 4 N–H and O–H groups in total. The summed E-state index contributed by atoms with van der Waals surface area (Å²) in [7, 11) is 0. The normalized spacial score (nSPS) is 15.5. The number of hydrogen-bond acceptors (Lipinski definition) is 4. The maximum Gasteiger partial charge on any atom is 0.270 e. The number of carbonyl (C=O) groups is 2. The van der Waals surface area contributed by atoms with E-state index in [1.807, 2.05) is 31.2 Å². The van der Waals surface area contributed by atoms with Crippen LogP contribution < -0.4 is 16.0 Å². The lowest BCUT2D eigenvalue weighted by atomic mass is 10.1. The molecule has 2 aromatic carbocycles. The Labute approximate surface area is 182 Å². The number of halogens is 1. The van der Waals surface area contributed by atoms with Crippen molar-refractivity contribution in [3.05, 3.63) is 75.4 Å². The summed E-state index contributed by atoms with van der Waals surface area (Å²) in [6, 6.07) is 15.4. The molecule has 0 spiro atoms. The number of aromatic nitrogens is 2. The van der Waals surface area contributed by atoms with Crippen LogP contribution in [0, 0.1) is 6.92 Å². The Morgan fingerprint density at radius 2 is 1.87 bits per heavy atom. The summed E-state index contributed by atoms with van der Waals surface area (Å²) in [5.41, 5.74) is 4.05. The fourth-order valence-corrected chi connectivity index (χ4v) is 3.98. The van der Waals surface area contributed by atoms with Gasteiger partial charge in [-0.3, -0.25) is 14.7 Å². The Balaban J connectivity index is 1.41. The van der Waals surface area contributed by atoms with E-state index in [2.05, 4.69) is 54.2 Å². The number of amides is 2. The average molecular weight is 468 g/mol. The fraction of sp³-hybridized carbons (Fsp3) is 0.227. The number of benzene rings is 2. The van der Waals surface area contributed by atoms with E-state index in [-0.39, 0.29) is 29.4 Å². The maximum atomic E-state index is 12.8. The molecular weight excluding hydrogens is 446 g/mol. The molecule has 1 aliphatic rings. The number of nitrogens with zero attached hydrogens (tertiary/aromatic N) is 1. The summed E-state index contributed by atoms with van der Waals surface area (Å²) in [4.78, 5) is 25.3. The first kappa shape index (κ1) is 20.2. The summed E-state index contributed by atoms with van der Waals surface area (Å²) >= 11 is 3.39. The van der Waals surface area contributed by atoms with Crippen LogP contribution in [0.4, 0.5) is 11.5 Å². The molecule has 0 aliphatic carbocycles. The number of H-pyrrole nitrogens is 1. The van der Waals surface area contributed by atoms with Crippen molar-refractivity contribution in [3.63, 3.8) is 0 Å². The monoisotopic (exact) mass is 467 g/mol. The quantitative estimate of drug-likeness (QED) is 0.467. The van der Waals surface area contributed by atoms with Gasteiger partial charge in [0.1, 0.15) is 5.69 Å². The highest BCUT2D eigenvalue weighted by atomic mass is 79.9. The lowest BCUT2D eigenvalue weighted by Gasteiger charge is -2.16. The second-order valence-corrected chi connectivity index (χ2v) is 8.07. The number of hydrogen-bond donors (Lipinski definition) is 4. The Morgan fingerprint density at radius 1 is 1.10 bits per heavy atom. The van der Waals surface area contributed by atoms with Crippen LogP contribution in [0.1, 0.15) is 38.4 Å². The zero-order valence-corrected chi connectivity index (χ0v) is 18.0. The smallest absolute Gasteiger partial charge is 0.270 e. The van der Waals surface area contributed by atoms with Crippen molar-refractivity contribution in [2.24, 2.45) is 0 Å². The molecule has 1 aromatic heterocycles. The van der Waals surface area contributed by atoms with Gasteiger partial charge in [-0.1, -0.05) is 36.4 Å². The minimum atomic E-state index is -0.280. The highest BCUT2D eigenvalue weighted by molar-refractivity contribution is 9.10. The number of carbonyl (C=O) groups excluding carboxylic acids is 2. The number of aryl methyl sites for hydroxylation is 2. The van der Waals surface area contributed by atoms with Gasteiger partial charge in [-0.15, -0.1) is 0 Å². The van der Waals surface area contributed by atoms with Gasteiger partial charge in [0, 0.05) is 23.8 Å².